The predicted octanol–water partition coefficient (Wildman–Crippen LogP) is 6.12. The topological polar surface area (TPSA) is 134 Å². The van der Waals surface area contributed by atoms with Gasteiger partial charge in [0.25, 0.3) is 11.6 Å². The summed E-state index contributed by atoms with van der Waals surface area (Å²) in [5, 5.41) is 28.4. The van der Waals surface area contributed by atoms with Gasteiger partial charge in [-0.3, -0.25) is 14.9 Å². The molecule has 0 bridgehead atoms. The first-order valence-corrected chi connectivity index (χ1v) is 14.6. The second-order valence-electron chi connectivity index (χ2n) is 10.6. The van der Waals surface area contributed by atoms with Crippen LogP contribution in [-0.4, -0.2) is 53.1 Å². The Bertz CT molecular complexity index is 1410. The molecular formula is C31H36Cl2N4O6. The summed E-state index contributed by atoms with van der Waals surface area (Å²) in [4.78, 5) is 38.5. The Kier molecular flexibility index (Phi) is 12.2. The average molecular weight is 632 g/mol. The summed E-state index contributed by atoms with van der Waals surface area (Å²) < 4.78 is 5.78. The second-order valence-corrected chi connectivity index (χ2v) is 11.4. The van der Waals surface area contributed by atoms with Crippen LogP contribution in [-0.2, 0) is 17.8 Å². The Morgan fingerprint density at radius 1 is 1.02 bits per heavy atom. The molecule has 0 aliphatic carbocycles. The minimum atomic E-state index is -1.33. The lowest BCUT2D eigenvalue weighted by Gasteiger charge is -2.30. The molecule has 0 spiro atoms. The van der Waals surface area contributed by atoms with E-state index in [1.54, 1.807) is 48.5 Å². The number of halogens is 2. The fourth-order valence-corrected chi connectivity index (χ4v) is 4.93. The summed E-state index contributed by atoms with van der Waals surface area (Å²) in [5.74, 6) is -1.60. The molecule has 10 nitrogen and oxygen atoms in total. The number of hydrogen-bond acceptors (Lipinski definition) is 7. The average Bonchev–Trinajstić information content (AvgIpc) is 2.94. The number of nitrogens with one attached hydrogen (secondary N) is 2. The molecule has 0 saturated carbocycles. The van der Waals surface area contributed by atoms with Crippen molar-refractivity contribution in [1.82, 2.24) is 10.6 Å². The van der Waals surface area contributed by atoms with E-state index in [9.17, 15) is 24.8 Å². The highest BCUT2D eigenvalue weighted by atomic mass is 35.5. The molecule has 1 amide bonds. The maximum absolute atomic E-state index is 13.3. The highest BCUT2D eigenvalue weighted by molar-refractivity contribution is 6.35. The smallest absolute Gasteiger partial charge is 0.326 e. The Morgan fingerprint density at radius 2 is 1.67 bits per heavy atom. The number of ether oxygens (including phenoxy) is 1. The molecule has 0 radical (unpaired) electrons. The molecule has 3 N–H and O–H groups in total. The summed E-state index contributed by atoms with van der Waals surface area (Å²) in [6.07, 6.45) is -0.0514. The Hall–Kier alpha value is -3.86. The van der Waals surface area contributed by atoms with E-state index >= 15 is 0 Å². The van der Waals surface area contributed by atoms with Crippen LogP contribution >= 0.6 is 23.2 Å². The SMILES string of the molecule is CC(C)NCCN(c1ccc([N+](=O)[O-])c(C(=O)NC(Cc2ccc(OCc3c(Cl)cccc3Cl)cc2)C(=O)O)c1)C(C)C. The number of carbonyl (C=O) groups is 2. The van der Waals surface area contributed by atoms with Crippen LogP contribution in [0.3, 0.4) is 0 Å². The number of anilines is 1. The number of nitrogens with zero attached hydrogens (tertiary/aromatic N) is 2. The van der Waals surface area contributed by atoms with Gasteiger partial charge in [-0.1, -0.05) is 55.2 Å². The molecular weight excluding hydrogens is 595 g/mol. The van der Waals surface area contributed by atoms with Crippen molar-refractivity contribution < 1.29 is 24.4 Å². The quantitative estimate of drug-likeness (QED) is 0.135. The number of carboxylic acids is 1. The molecule has 0 aliphatic heterocycles. The first-order chi connectivity index (χ1) is 20.4. The molecule has 3 rings (SSSR count). The highest BCUT2D eigenvalue weighted by Crippen LogP contribution is 2.28. The number of amides is 1. The Balaban J connectivity index is 1.75. The Labute approximate surface area is 261 Å². The van der Waals surface area contributed by atoms with Gasteiger partial charge >= 0.3 is 5.97 Å². The third-order valence-electron chi connectivity index (χ3n) is 6.69. The van der Waals surface area contributed by atoms with Gasteiger partial charge in [0.05, 0.1) is 4.92 Å². The fraction of sp³-hybridized carbons (Fsp3) is 0.355. The number of nitro groups is 1. The number of aliphatic carboxylic acids is 1. The first kappa shape index (κ1) is 33.6. The van der Waals surface area contributed by atoms with Gasteiger partial charge in [-0.15, -0.1) is 0 Å². The minimum Gasteiger partial charge on any atom is -0.489 e. The van der Waals surface area contributed by atoms with E-state index in [1.807, 2.05) is 32.6 Å². The van der Waals surface area contributed by atoms with Crippen molar-refractivity contribution in [2.75, 3.05) is 18.0 Å². The Morgan fingerprint density at radius 3 is 2.23 bits per heavy atom. The van der Waals surface area contributed by atoms with Crippen molar-refractivity contribution in [3.63, 3.8) is 0 Å². The minimum absolute atomic E-state index is 0.0479. The van der Waals surface area contributed by atoms with Crippen LogP contribution in [0.1, 0.15) is 49.2 Å². The van der Waals surface area contributed by atoms with Crippen molar-refractivity contribution in [3.8, 4) is 5.75 Å². The van der Waals surface area contributed by atoms with Gasteiger partial charge in [0.1, 0.15) is 24.0 Å². The third kappa shape index (κ3) is 9.57. The number of rotatable bonds is 15. The summed E-state index contributed by atoms with van der Waals surface area (Å²) in [6, 6.07) is 15.2. The van der Waals surface area contributed by atoms with Crippen molar-refractivity contribution in [1.29, 1.82) is 0 Å². The van der Waals surface area contributed by atoms with E-state index in [4.69, 9.17) is 27.9 Å². The highest BCUT2D eigenvalue weighted by Gasteiger charge is 2.27. The van der Waals surface area contributed by atoms with Crippen LogP contribution in [0.15, 0.2) is 60.7 Å². The van der Waals surface area contributed by atoms with Crippen LogP contribution in [0, 0.1) is 10.1 Å². The number of carbonyl (C=O) groups excluding carboxylic acids is 1. The van der Waals surface area contributed by atoms with Crippen LogP contribution in [0.4, 0.5) is 11.4 Å². The van der Waals surface area contributed by atoms with Crippen molar-refractivity contribution in [2.45, 2.75) is 58.8 Å². The standard InChI is InChI=1S/C31H36Cl2N4O6/c1-19(2)34-14-15-36(20(3)4)22-10-13-29(37(41)42)24(17-22)30(38)35-28(31(39)40)16-21-8-11-23(12-9-21)43-18-25-26(32)6-5-7-27(25)33/h5-13,17,19-20,28,34H,14-16,18H2,1-4H3,(H,35,38)(H,39,40). The van der Waals surface area contributed by atoms with E-state index < -0.39 is 28.5 Å². The molecule has 0 fully saturated rings. The van der Waals surface area contributed by atoms with Gasteiger partial charge in [-0.2, -0.15) is 0 Å². The zero-order chi connectivity index (χ0) is 31.7. The zero-order valence-electron chi connectivity index (χ0n) is 24.5. The molecule has 0 aliphatic rings. The molecule has 230 valence electrons. The first-order valence-electron chi connectivity index (χ1n) is 13.8. The van der Waals surface area contributed by atoms with Gasteiger partial charge in [-0.25, -0.2) is 4.79 Å². The molecule has 1 unspecified atom stereocenters. The van der Waals surface area contributed by atoms with Crippen molar-refractivity contribution in [2.24, 2.45) is 0 Å². The number of nitro benzene ring substituents is 1. The predicted molar refractivity (Wildman–Crippen MR) is 169 cm³/mol. The van der Waals surface area contributed by atoms with E-state index in [-0.39, 0.29) is 30.7 Å². The maximum atomic E-state index is 13.3. The van der Waals surface area contributed by atoms with E-state index in [0.717, 1.165) is 0 Å². The van der Waals surface area contributed by atoms with E-state index in [1.165, 1.54) is 12.1 Å². The van der Waals surface area contributed by atoms with Crippen LogP contribution in [0.25, 0.3) is 0 Å². The second kappa shape index (κ2) is 15.6. The molecule has 3 aromatic carbocycles. The lowest BCUT2D eigenvalue weighted by atomic mass is 10.0. The monoisotopic (exact) mass is 630 g/mol. The van der Waals surface area contributed by atoms with Gasteiger partial charge in [0, 0.05) is 59.0 Å². The van der Waals surface area contributed by atoms with Crippen LogP contribution in [0.5, 0.6) is 5.75 Å². The molecule has 43 heavy (non-hydrogen) atoms. The van der Waals surface area contributed by atoms with Crippen LogP contribution < -0.4 is 20.3 Å². The largest absolute Gasteiger partial charge is 0.489 e. The lowest BCUT2D eigenvalue weighted by molar-refractivity contribution is -0.385. The van der Waals surface area contributed by atoms with Gasteiger partial charge in [-0.05, 0) is 55.8 Å². The van der Waals surface area contributed by atoms with Gasteiger partial charge < -0.3 is 25.4 Å². The summed E-state index contributed by atoms with van der Waals surface area (Å²) >= 11 is 12.4. The molecule has 0 heterocycles. The number of carboxylic acid groups (broad SMARTS) is 1. The zero-order valence-corrected chi connectivity index (χ0v) is 26.0. The molecule has 3 aromatic rings. The van der Waals surface area contributed by atoms with Gasteiger partial charge in [0.2, 0.25) is 0 Å². The summed E-state index contributed by atoms with van der Waals surface area (Å²) in [5.41, 5.74) is 1.26. The van der Waals surface area contributed by atoms with Crippen molar-refractivity contribution >= 4 is 46.5 Å². The molecule has 0 saturated heterocycles. The summed E-state index contributed by atoms with van der Waals surface area (Å²) in [6.45, 7) is 9.47. The van der Waals surface area contributed by atoms with E-state index in [2.05, 4.69) is 10.6 Å². The van der Waals surface area contributed by atoms with Gasteiger partial charge in [0.15, 0.2) is 0 Å². The molecule has 1 atom stereocenters. The lowest BCUT2D eigenvalue weighted by Crippen LogP contribution is -2.42. The van der Waals surface area contributed by atoms with Crippen LogP contribution in [0.2, 0.25) is 10.0 Å². The molecule has 12 heteroatoms. The normalized spacial score (nSPS) is 11.8. The fourth-order valence-electron chi connectivity index (χ4n) is 4.42. The number of benzene rings is 3. The number of hydrogen-bond donors (Lipinski definition) is 3. The molecule has 0 aromatic heterocycles. The van der Waals surface area contributed by atoms with E-state index in [0.29, 0.717) is 45.7 Å². The van der Waals surface area contributed by atoms with Crippen molar-refractivity contribution in [3.05, 3.63) is 97.5 Å². The maximum Gasteiger partial charge on any atom is 0.326 e. The third-order valence-corrected chi connectivity index (χ3v) is 7.40. The summed E-state index contributed by atoms with van der Waals surface area (Å²) in [7, 11) is 0.